The molecule has 0 saturated carbocycles. The van der Waals surface area contributed by atoms with Crippen molar-refractivity contribution >= 4 is 38.8 Å². The number of hydrogen-bond acceptors (Lipinski definition) is 5. The highest BCUT2D eigenvalue weighted by Gasteiger charge is 2.15. The van der Waals surface area contributed by atoms with Crippen LogP contribution in [0.5, 0.6) is 0 Å². The van der Waals surface area contributed by atoms with E-state index in [4.69, 9.17) is 10.1 Å². The average Bonchev–Trinajstić information content (AvgIpc) is 3.07. The molecule has 0 radical (unpaired) electrons. The summed E-state index contributed by atoms with van der Waals surface area (Å²) in [6.07, 6.45) is 7.02. The Labute approximate surface area is 155 Å². The van der Waals surface area contributed by atoms with Crippen LogP contribution in [0.2, 0.25) is 0 Å². The van der Waals surface area contributed by atoms with E-state index in [1.807, 2.05) is 12.1 Å². The molecule has 1 N–H and O–H groups in total. The van der Waals surface area contributed by atoms with Gasteiger partial charge in [-0.1, -0.05) is 26.0 Å². The molecule has 132 valence electrons. The molecular weight excluding hydrogens is 336 g/mol. The van der Waals surface area contributed by atoms with Crippen molar-refractivity contribution in [2.45, 2.75) is 19.8 Å². The molecule has 4 aromatic heterocycles. The van der Waals surface area contributed by atoms with Gasteiger partial charge in [0.2, 0.25) is 0 Å². The van der Waals surface area contributed by atoms with E-state index < -0.39 is 0 Å². The van der Waals surface area contributed by atoms with Crippen molar-refractivity contribution in [1.82, 2.24) is 24.6 Å². The maximum atomic E-state index is 4.80. The number of hydrogen-bond donors (Lipinski definition) is 1. The van der Waals surface area contributed by atoms with Crippen molar-refractivity contribution in [1.29, 1.82) is 0 Å². The van der Waals surface area contributed by atoms with E-state index in [1.165, 1.54) is 5.56 Å². The summed E-state index contributed by atoms with van der Waals surface area (Å²) in [7, 11) is 0. The van der Waals surface area contributed by atoms with Gasteiger partial charge >= 0.3 is 0 Å². The summed E-state index contributed by atoms with van der Waals surface area (Å²) in [5.41, 5.74) is 6.65. The number of benzene rings is 1. The first-order valence-corrected chi connectivity index (χ1v) is 8.93. The predicted molar refractivity (Wildman–Crippen MR) is 107 cm³/mol. The van der Waals surface area contributed by atoms with E-state index in [0.29, 0.717) is 5.92 Å². The minimum absolute atomic E-state index is 0.464. The van der Waals surface area contributed by atoms with Gasteiger partial charge in [0.05, 0.1) is 22.9 Å². The molecule has 0 atom stereocenters. The van der Waals surface area contributed by atoms with Crippen molar-refractivity contribution in [2.24, 2.45) is 0 Å². The highest BCUT2D eigenvalue weighted by molar-refractivity contribution is 6.10. The highest BCUT2D eigenvalue weighted by atomic mass is 15.2. The maximum absolute atomic E-state index is 4.80. The summed E-state index contributed by atoms with van der Waals surface area (Å²) < 4.78 is 1.76. The zero-order valence-electron chi connectivity index (χ0n) is 15.1. The molecule has 6 nitrogen and oxygen atoms in total. The molecule has 0 fully saturated rings. The number of aromatic nitrogens is 5. The molecule has 27 heavy (non-hydrogen) atoms. The minimum Gasteiger partial charge on any atom is -0.353 e. The largest absolute Gasteiger partial charge is 0.353 e. The first-order chi connectivity index (χ1) is 13.2. The molecule has 1 aromatic carbocycles. The van der Waals surface area contributed by atoms with Crippen molar-refractivity contribution in [3.05, 3.63) is 66.9 Å². The summed E-state index contributed by atoms with van der Waals surface area (Å²) in [4.78, 5) is 13.2. The Hall–Kier alpha value is -3.54. The molecule has 0 amide bonds. The highest BCUT2D eigenvalue weighted by Crippen LogP contribution is 2.34. The zero-order chi connectivity index (χ0) is 18.4. The predicted octanol–water partition coefficient (Wildman–Crippen LogP) is 4.69. The smallest absolute Gasteiger partial charge is 0.136 e. The third kappa shape index (κ3) is 2.57. The molecule has 4 heterocycles. The maximum Gasteiger partial charge on any atom is 0.136 e. The molecule has 5 rings (SSSR count). The third-order valence-corrected chi connectivity index (χ3v) is 4.78. The fourth-order valence-corrected chi connectivity index (χ4v) is 3.36. The van der Waals surface area contributed by atoms with E-state index in [1.54, 1.807) is 29.4 Å². The van der Waals surface area contributed by atoms with Gasteiger partial charge in [-0.05, 0) is 35.7 Å². The van der Waals surface area contributed by atoms with Crippen LogP contribution in [0.3, 0.4) is 0 Å². The number of nitrogens with zero attached hydrogens (tertiary/aromatic N) is 5. The normalized spacial score (nSPS) is 11.7. The van der Waals surface area contributed by atoms with E-state index in [2.05, 4.69) is 53.4 Å². The average molecular weight is 354 g/mol. The Bertz CT molecular complexity index is 1290. The van der Waals surface area contributed by atoms with Gasteiger partial charge in [-0.25, -0.2) is 14.5 Å². The van der Waals surface area contributed by atoms with Gasteiger partial charge in [0.15, 0.2) is 0 Å². The molecule has 0 unspecified atom stereocenters. The summed E-state index contributed by atoms with van der Waals surface area (Å²) >= 11 is 0. The van der Waals surface area contributed by atoms with Gasteiger partial charge in [0, 0.05) is 23.5 Å². The number of pyridine rings is 2. The number of anilines is 2. The first kappa shape index (κ1) is 15.7. The van der Waals surface area contributed by atoms with Crippen LogP contribution in [0.4, 0.5) is 11.4 Å². The van der Waals surface area contributed by atoms with Gasteiger partial charge < -0.3 is 5.32 Å². The van der Waals surface area contributed by atoms with Crippen molar-refractivity contribution in [3.63, 3.8) is 0 Å². The lowest BCUT2D eigenvalue weighted by Crippen LogP contribution is -1.97. The molecule has 0 aliphatic carbocycles. The number of fused-ring (bicyclic) bond motifs is 4. The molecular formula is C21H18N6. The molecule has 0 saturated heterocycles. The van der Waals surface area contributed by atoms with Crippen LogP contribution in [-0.4, -0.2) is 24.6 Å². The van der Waals surface area contributed by atoms with Crippen LogP contribution in [0, 0.1) is 0 Å². The van der Waals surface area contributed by atoms with Crippen LogP contribution in [0.25, 0.3) is 27.5 Å². The Morgan fingerprint density at radius 2 is 1.89 bits per heavy atom. The quantitative estimate of drug-likeness (QED) is 0.509. The zero-order valence-corrected chi connectivity index (χ0v) is 15.1. The Kier molecular flexibility index (Phi) is 3.50. The number of rotatable bonds is 3. The Morgan fingerprint density at radius 3 is 2.78 bits per heavy atom. The SMILES string of the molecule is CC(C)c1cccc(Nc2c3ccncc3nc3c2nn2cnccc32)c1. The van der Waals surface area contributed by atoms with Gasteiger partial charge in [-0.3, -0.25) is 4.98 Å². The second kappa shape index (κ2) is 6.02. The fourth-order valence-electron chi connectivity index (χ4n) is 3.36. The van der Waals surface area contributed by atoms with Crippen LogP contribution in [-0.2, 0) is 0 Å². The molecule has 5 aromatic rings. The Morgan fingerprint density at radius 1 is 1.00 bits per heavy atom. The molecule has 0 aliphatic rings. The van der Waals surface area contributed by atoms with Gasteiger partial charge in [0.25, 0.3) is 0 Å². The van der Waals surface area contributed by atoms with Crippen LogP contribution in [0.15, 0.2) is 61.3 Å². The fraction of sp³-hybridized carbons (Fsp3) is 0.143. The third-order valence-electron chi connectivity index (χ3n) is 4.78. The van der Waals surface area contributed by atoms with Gasteiger partial charge in [0.1, 0.15) is 17.4 Å². The second-order valence-corrected chi connectivity index (χ2v) is 6.89. The van der Waals surface area contributed by atoms with Crippen molar-refractivity contribution in [2.75, 3.05) is 5.32 Å². The molecule has 0 spiro atoms. The lowest BCUT2D eigenvalue weighted by molar-refractivity contribution is 0.867. The molecule has 0 bridgehead atoms. The standard InChI is InChI=1S/C21H18N6/c1-13(2)14-4-3-5-15(10-14)24-19-16-6-8-22-11-17(16)25-20-18-7-9-23-12-27(18)26-21(19)20/h3-13,24H,1-2H3. The van der Waals surface area contributed by atoms with E-state index >= 15 is 0 Å². The monoisotopic (exact) mass is 354 g/mol. The lowest BCUT2D eigenvalue weighted by atomic mass is 10.0. The van der Waals surface area contributed by atoms with Gasteiger partial charge in [-0.15, -0.1) is 0 Å². The van der Waals surface area contributed by atoms with Crippen LogP contribution >= 0.6 is 0 Å². The van der Waals surface area contributed by atoms with E-state index in [-0.39, 0.29) is 0 Å². The molecule has 6 heteroatoms. The summed E-state index contributed by atoms with van der Waals surface area (Å²) in [6, 6.07) is 12.4. The van der Waals surface area contributed by atoms with Crippen molar-refractivity contribution in [3.8, 4) is 0 Å². The van der Waals surface area contributed by atoms with E-state index in [9.17, 15) is 0 Å². The molecule has 0 aliphatic heterocycles. The lowest BCUT2D eigenvalue weighted by Gasteiger charge is -2.12. The summed E-state index contributed by atoms with van der Waals surface area (Å²) in [6.45, 7) is 4.39. The van der Waals surface area contributed by atoms with E-state index in [0.717, 1.165) is 38.8 Å². The van der Waals surface area contributed by atoms with Crippen LogP contribution in [0.1, 0.15) is 25.3 Å². The summed E-state index contributed by atoms with van der Waals surface area (Å²) in [5, 5.41) is 9.30. The summed E-state index contributed by atoms with van der Waals surface area (Å²) in [5.74, 6) is 0.464. The van der Waals surface area contributed by atoms with Crippen molar-refractivity contribution < 1.29 is 0 Å². The minimum atomic E-state index is 0.464. The van der Waals surface area contributed by atoms with Gasteiger partial charge in [-0.2, -0.15) is 5.10 Å². The topological polar surface area (TPSA) is 68.0 Å². The van der Waals surface area contributed by atoms with Crippen LogP contribution < -0.4 is 5.32 Å². The first-order valence-electron chi connectivity index (χ1n) is 8.93. The number of nitrogens with one attached hydrogen (secondary N) is 1. The Balaban J connectivity index is 1.79. The second-order valence-electron chi connectivity index (χ2n) is 6.89.